The van der Waals surface area contributed by atoms with Crippen molar-refractivity contribution in [1.82, 2.24) is 9.80 Å². The Bertz CT molecular complexity index is 735. The summed E-state index contributed by atoms with van der Waals surface area (Å²) in [6, 6.07) is 20.3. The van der Waals surface area contributed by atoms with E-state index in [1.807, 2.05) is 41.3 Å². The molecule has 2 aromatic carbocycles. The maximum Gasteiger partial charge on any atom is 0.410 e. The highest BCUT2D eigenvalue weighted by Gasteiger charge is 2.51. The number of hydrogen-bond acceptors (Lipinski definition) is 3. The topological polar surface area (TPSA) is 32.8 Å². The van der Waals surface area contributed by atoms with Gasteiger partial charge >= 0.3 is 6.09 Å². The molecule has 1 aliphatic heterocycles. The summed E-state index contributed by atoms with van der Waals surface area (Å²) in [5.74, 6) is 0.451. The van der Waals surface area contributed by atoms with Crippen molar-refractivity contribution in [3.8, 4) is 0 Å². The van der Waals surface area contributed by atoms with Gasteiger partial charge in [-0.2, -0.15) is 0 Å². The van der Waals surface area contributed by atoms with Crippen molar-refractivity contribution in [2.75, 3.05) is 19.6 Å². The molecule has 0 unspecified atom stereocenters. The minimum Gasteiger partial charge on any atom is -0.445 e. The molecule has 1 heterocycles. The average molecular weight is 367 g/mol. The van der Waals surface area contributed by atoms with E-state index in [2.05, 4.69) is 49.9 Å². The lowest BCUT2D eigenvalue weighted by molar-refractivity contribution is -0.0698. The fourth-order valence-electron chi connectivity index (χ4n) is 3.73. The third kappa shape index (κ3) is 4.51. The number of ether oxygens (including phenoxy) is 1. The minimum absolute atomic E-state index is 0.196. The monoisotopic (exact) mass is 366 g/mol. The summed E-state index contributed by atoms with van der Waals surface area (Å²) in [7, 11) is 0. The zero-order valence-electron chi connectivity index (χ0n) is 16.6. The number of likely N-dealkylation sites (N-methyl/N-ethyl adjacent to an activating group) is 1. The number of carbonyl (C=O) groups is 1. The molecular formula is C23H30N2O2. The first-order valence-electron chi connectivity index (χ1n) is 9.77. The number of carbonyl (C=O) groups excluding carboxylic acids is 1. The second-order valence-corrected chi connectivity index (χ2v) is 7.70. The first-order valence-corrected chi connectivity index (χ1v) is 9.77. The molecule has 3 rings (SSSR count). The summed E-state index contributed by atoms with van der Waals surface area (Å²) in [4.78, 5) is 17.0. The average Bonchev–Trinajstić information content (AvgIpc) is 2.71. The lowest BCUT2D eigenvalue weighted by atomic mass is 9.76. The Morgan fingerprint density at radius 3 is 2.26 bits per heavy atom. The van der Waals surface area contributed by atoms with Gasteiger partial charge in [0.25, 0.3) is 0 Å². The smallest absolute Gasteiger partial charge is 0.410 e. The first-order chi connectivity index (χ1) is 13.0. The highest BCUT2D eigenvalue weighted by Crippen LogP contribution is 2.37. The second kappa shape index (κ2) is 8.57. The molecule has 1 aliphatic rings. The molecule has 2 aromatic rings. The second-order valence-electron chi connectivity index (χ2n) is 7.70. The van der Waals surface area contributed by atoms with Crippen LogP contribution in [0.5, 0.6) is 0 Å². The van der Waals surface area contributed by atoms with E-state index in [4.69, 9.17) is 4.74 Å². The minimum atomic E-state index is -0.213. The Hall–Kier alpha value is -2.33. The van der Waals surface area contributed by atoms with Gasteiger partial charge in [-0.3, -0.25) is 4.90 Å². The van der Waals surface area contributed by atoms with Crippen molar-refractivity contribution in [2.45, 2.75) is 39.5 Å². The molecule has 1 saturated heterocycles. The molecule has 0 bridgehead atoms. The number of hydrogen-bond donors (Lipinski definition) is 0. The number of nitrogens with zero attached hydrogens (tertiary/aromatic N) is 2. The summed E-state index contributed by atoms with van der Waals surface area (Å²) < 4.78 is 5.58. The maximum atomic E-state index is 12.7. The van der Waals surface area contributed by atoms with Crippen molar-refractivity contribution >= 4 is 6.09 Å². The van der Waals surface area contributed by atoms with Crippen LogP contribution in [-0.2, 0) is 17.9 Å². The van der Waals surface area contributed by atoms with Crippen LogP contribution in [-0.4, -0.2) is 41.1 Å². The predicted octanol–water partition coefficient (Wildman–Crippen LogP) is 4.56. The molecule has 0 aromatic heterocycles. The highest BCUT2D eigenvalue weighted by atomic mass is 16.6. The normalized spacial score (nSPS) is 21.8. The van der Waals surface area contributed by atoms with Gasteiger partial charge in [0.1, 0.15) is 6.61 Å². The number of benzene rings is 2. The van der Waals surface area contributed by atoms with Crippen molar-refractivity contribution < 1.29 is 9.53 Å². The van der Waals surface area contributed by atoms with E-state index < -0.39 is 0 Å². The van der Waals surface area contributed by atoms with Gasteiger partial charge in [-0.1, -0.05) is 74.5 Å². The lowest BCUT2D eigenvalue weighted by Crippen LogP contribution is -2.70. The fourth-order valence-corrected chi connectivity index (χ4v) is 3.73. The third-order valence-electron chi connectivity index (χ3n) is 5.80. The van der Waals surface area contributed by atoms with E-state index in [0.29, 0.717) is 12.5 Å². The molecule has 1 amide bonds. The fraction of sp³-hybridized carbons (Fsp3) is 0.435. The van der Waals surface area contributed by atoms with Gasteiger partial charge in [0.15, 0.2) is 0 Å². The van der Waals surface area contributed by atoms with Gasteiger partial charge in [-0.05, 0) is 30.5 Å². The molecule has 4 nitrogen and oxygen atoms in total. The zero-order chi connectivity index (χ0) is 19.3. The SMILES string of the molecule is CCN(Cc1ccccc1)C[C@@]1(C)[C@@H](C)CN1C(=O)OCc1ccccc1. The van der Waals surface area contributed by atoms with E-state index in [-0.39, 0.29) is 11.6 Å². The highest BCUT2D eigenvalue weighted by molar-refractivity contribution is 5.70. The number of rotatable bonds is 7. The Morgan fingerprint density at radius 2 is 1.70 bits per heavy atom. The molecule has 27 heavy (non-hydrogen) atoms. The van der Waals surface area contributed by atoms with Gasteiger partial charge in [0.05, 0.1) is 5.54 Å². The van der Waals surface area contributed by atoms with E-state index in [9.17, 15) is 4.79 Å². The van der Waals surface area contributed by atoms with E-state index >= 15 is 0 Å². The molecule has 0 spiro atoms. The molecule has 0 aliphatic carbocycles. The van der Waals surface area contributed by atoms with E-state index in [1.54, 1.807) is 0 Å². The van der Waals surface area contributed by atoms with Gasteiger partial charge in [-0.15, -0.1) is 0 Å². The standard InChI is InChI=1S/C23H30N2O2/c1-4-24(16-20-11-7-5-8-12-20)18-23(3)19(2)15-25(23)22(26)27-17-21-13-9-6-10-14-21/h5-14,19H,4,15-18H2,1-3H3/t19-,23-/m0/s1. The van der Waals surface area contributed by atoms with Crippen LogP contribution in [0.3, 0.4) is 0 Å². The summed E-state index contributed by atoms with van der Waals surface area (Å²) in [6.07, 6.45) is -0.213. The van der Waals surface area contributed by atoms with Gasteiger partial charge in [0, 0.05) is 19.6 Å². The Morgan fingerprint density at radius 1 is 1.11 bits per heavy atom. The lowest BCUT2D eigenvalue weighted by Gasteiger charge is -2.56. The largest absolute Gasteiger partial charge is 0.445 e. The van der Waals surface area contributed by atoms with Crippen LogP contribution < -0.4 is 0 Å². The molecule has 2 atom stereocenters. The van der Waals surface area contributed by atoms with Gasteiger partial charge in [0.2, 0.25) is 0 Å². The number of amides is 1. The van der Waals surface area contributed by atoms with Crippen LogP contribution in [0.15, 0.2) is 60.7 Å². The van der Waals surface area contributed by atoms with Crippen molar-refractivity contribution in [3.63, 3.8) is 0 Å². The molecular weight excluding hydrogens is 336 g/mol. The summed E-state index contributed by atoms with van der Waals surface area (Å²) in [5.41, 5.74) is 2.12. The summed E-state index contributed by atoms with van der Waals surface area (Å²) in [6.45, 7) is 10.3. The zero-order valence-corrected chi connectivity index (χ0v) is 16.6. The van der Waals surface area contributed by atoms with Crippen molar-refractivity contribution in [3.05, 3.63) is 71.8 Å². The van der Waals surface area contributed by atoms with Crippen LogP contribution >= 0.6 is 0 Å². The van der Waals surface area contributed by atoms with Crippen LogP contribution in [0.25, 0.3) is 0 Å². The Kier molecular flexibility index (Phi) is 6.17. The summed E-state index contributed by atoms with van der Waals surface area (Å²) in [5, 5.41) is 0. The van der Waals surface area contributed by atoms with Crippen LogP contribution in [0.2, 0.25) is 0 Å². The first kappa shape index (κ1) is 19.4. The quantitative estimate of drug-likeness (QED) is 0.720. The van der Waals surface area contributed by atoms with Crippen LogP contribution in [0.4, 0.5) is 4.79 Å². The van der Waals surface area contributed by atoms with Gasteiger partial charge in [-0.25, -0.2) is 4.79 Å². The number of likely N-dealkylation sites (tertiary alicyclic amines) is 1. The van der Waals surface area contributed by atoms with Crippen molar-refractivity contribution in [2.24, 2.45) is 5.92 Å². The molecule has 144 valence electrons. The van der Waals surface area contributed by atoms with Crippen LogP contribution in [0.1, 0.15) is 31.9 Å². The predicted molar refractivity (Wildman–Crippen MR) is 108 cm³/mol. The molecule has 0 radical (unpaired) electrons. The van der Waals surface area contributed by atoms with E-state index in [1.165, 1.54) is 5.56 Å². The molecule has 1 fully saturated rings. The Labute approximate surface area is 162 Å². The molecule has 0 saturated carbocycles. The molecule has 0 N–H and O–H groups in total. The van der Waals surface area contributed by atoms with Crippen molar-refractivity contribution in [1.29, 1.82) is 0 Å². The molecule has 4 heteroatoms. The van der Waals surface area contributed by atoms with Crippen LogP contribution in [0, 0.1) is 5.92 Å². The Balaban J connectivity index is 1.60. The third-order valence-corrected chi connectivity index (χ3v) is 5.80. The summed E-state index contributed by atoms with van der Waals surface area (Å²) >= 11 is 0. The van der Waals surface area contributed by atoms with E-state index in [0.717, 1.165) is 31.7 Å². The van der Waals surface area contributed by atoms with Gasteiger partial charge < -0.3 is 9.64 Å². The maximum absolute atomic E-state index is 12.7.